The van der Waals surface area contributed by atoms with Crippen molar-refractivity contribution in [1.82, 2.24) is 40.4 Å². The van der Waals surface area contributed by atoms with Crippen LogP contribution < -0.4 is 10.6 Å². The Hall–Kier alpha value is -5.46. The summed E-state index contributed by atoms with van der Waals surface area (Å²) in [4.78, 5) is 65.8. The third-order valence-electron chi connectivity index (χ3n) is 7.26. The van der Waals surface area contributed by atoms with E-state index in [9.17, 15) is 19.2 Å². The van der Waals surface area contributed by atoms with Gasteiger partial charge in [-0.1, -0.05) is 62.4 Å². The summed E-state index contributed by atoms with van der Waals surface area (Å²) < 4.78 is 4.54. The van der Waals surface area contributed by atoms with Crippen LogP contribution in [0.2, 0.25) is 0 Å². The number of carbonyl (C=O) groups is 4. The number of ether oxygens (including phenoxy) is 1. The van der Waals surface area contributed by atoms with Gasteiger partial charge in [0, 0.05) is 13.1 Å². The van der Waals surface area contributed by atoms with Gasteiger partial charge in [-0.2, -0.15) is 0 Å². The van der Waals surface area contributed by atoms with Crippen molar-refractivity contribution in [3.63, 3.8) is 0 Å². The molecule has 46 heavy (non-hydrogen) atoms. The number of carbonyl (C=O) groups excluding carboxylic acids is 4. The van der Waals surface area contributed by atoms with E-state index in [-0.39, 0.29) is 24.9 Å². The topological polar surface area (TPSA) is 165 Å². The molecule has 0 bridgehead atoms. The average Bonchev–Trinajstić information content (AvgIpc) is 3.76. The van der Waals surface area contributed by atoms with E-state index < -0.39 is 6.09 Å². The lowest BCUT2D eigenvalue weighted by atomic mass is 10.0. The molecule has 0 aliphatic heterocycles. The second-order valence-electron chi connectivity index (χ2n) is 10.6. The van der Waals surface area contributed by atoms with Crippen molar-refractivity contribution in [2.45, 2.75) is 39.8 Å². The molecule has 4 rings (SSSR count). The number of aromatic amines is 2. The molecule has 0 fully saturated rings. The van der Waals surface area contributed by atoms with Crippen LogP contribution in [0.25, 0.3) is 33.6 Å². The minimum absolute atomic E-state index is 0.0403. The summed E-state index contributed by atoms with van der Waals surface area (Å²) in [6.07, 6.45) is 4.94. The van der Waals surface area contributed by atoms with E-state index >= 15 is 0 Å². The number of benzene rings is 2. The molecule has 2 heterocycles. The molecule has 0 aliphatic rings. The highest BCUT2D eigenvalue weighted by Crippen LogP contribution is 2.27. The van der Waals surface area contributed by atoms with Crippen molar-refractivity contribution in [2.75, 3.05) is 33.3 Å². The van der Waals surface area contributed by atoms with Gasteiger partial charge in [0.25, 0.3) is 0 Å². The van der Waals surface area contributed by atoms with Crippen LogP contribution >= 0.6 is 0 Å². The zero-order chi connectivity index (χ0) is 32.9. The van der Waals surface area contributed by atoms with Crippen LogP contribution in [0, 0.1) is 0 Å². The smallest absolute Gasteiger partial charge is 0.407 e. The van der Waals surface area contributed by atoms with Crippen LogP contribution in [0.3, 0.4) is 0 Å². The average molecular weight is 629 g/mol. The number of H-pyrrole nitrogens is 2. The van der Waals surface area contributed by atoms with Crippen molar-refractivity contribution >= 4 is 24.3 Å². The standard InChI is InChI=1S/C33H40N8O5/c1-4-14-40(31(43)18-34-22-42)20-29-35-16-27(38-29)25-10-6-23(7-11-25)24-8-12-26(13-9-24)28-17-36-30(39-28)21-41(15-5-2)32(44)19-37-33(45)46-3/h6-13,16-17,22H,4-5,14-15,18-21H2,1-3H3,(H,34,42)(H,35,38)(H,36,39)(H,37,45). The Bertz CT molecular complexity index is 1600. The highest BCUT2D eigenvalue weighted by Gasteiger charge is 2.17. The summed E-state index contributed by atoms with van der Waals surface area (Å²) in [5, 5.41) is 4.85. The second kappa shape index (κ2) is 16.6. The monoisotopic (exact) mass is 628 g/mol. The number of imidazole rings is 2. The minimum Gasteiger partial charge on any atom is -0.453 e. The van der Waals surface area contributed by atoms with E-state index in [0.717, 1.165) is 46.5 Å². The van der Waals surface area contributed by atoms with E-state index in [1.54, 1.807) is 22.2 Å². The number of amides is 4. The van der Waals surface area contributed by atoms with Gasteiger partial charge in [0.15, 0.2) is 0 Å². The number of nitrogens with one attached hydrogen (secondary N) is 4. The van der Waals surface area contributed by atoms with Crippen molar-refractivity contribution in [3.05, 3.63) is 72.6 Å². The largest absolute Gasteiger partial charge is 0.453 e. The number of hydrogen-bond donors (Lipinski definition) is 4. The maximum Gasteiger partial charge on any atom is 0.407 e. The van der Waals surface area contributed by atoms with Gasteiger partial charge in [0.05, 0.1) is 50.5 Å². The SMILES string of the molecule is CCCN(Cc1ncc(-c2ccc(-c3ccc(-c4cnc(CN(CCC)C(=O)CNC(=O)OC)[nH]4)cc3)cc2)[nH]1)C(=O)CNC=O. The predicted molar refractivity (Wildman–Crippen MR) is 173 cm³/mol. The molecule has 4 aromatic rings. The zero-order valence-corrected chi connectivity index (χ0v) is 26.3. The maximum absolute atomic E-state index is 12.6. The Labute approximate surface area is 267 Å². The third kappa shape index (κ3) is 9.03. The van der Waals surface area contributed by atoms with Crippen LogP contribution in [0.15, 0.2) is 60.9 Å². The van der Waals surface area contributed by atoms with E-state index in [4.69, 9.17) is 0 Å². The van der Waals surface area contributed by atoms with Gasteiger partial charge >= 0.3 is 6.09 Å². The Balaban J connectivity index is 1.38. The van der Waals surface area contributed by atoms with E-state index in [1.807, 2.05) is 62.4 Å². The summed E-state index contributed by atoms with van der Waals surface area (Å²) >= 11 is 0. The quantitative estimate of drug-likeness (QED) is 0.137. The van der Waals surface area contributed by atoms with E-state index in [0.29, 0.717) is 44.2 Å². The lowest BCUT2D eigenvalue weighted by Crippen LogP contribution is -2.40. The molecule has 242 valence electrons. The van der Waals surface area contributed by atoms with E-state index in [2.05, 4.69) is 35.3 Å². The molecule has 0 atom stereocenters. The van der Waals surface area contributed by atoms with Crippen molar-refractivity contribution < 1.29 is 23.9 Å². The van der Waals surface area contributed by atoms with Gasteiger partial charge in [-0.15, -0.1) is 0 Å². The first-order chi connectivity index (χ1) is 22.3. The maximum atomic E-state index is 12.6. The molecule has 0 aliphatic carbocycles. The molecule has 2 aromatic carbocycles. The highest BCUT2D eigenvalue weighted by atomic mass is 16.5. The van der Waals surface area contributed by atoms with Crippen LogP contribution in [0.4, 0.5) is 4.79 Å². The Morgan fingerprint density at radius 1 is 0.739 bits per heavy atom. The summed E-state index contributed by atoms with van der Waals surface area (Å²) in [7, 11) is 1.25. The van der Waals surface area contributed by atoms with Crippen LogP contribution in [0.1, 0.15) is 38.3 Å². The van der Waals surface area contributed by atoms with E-state index in [1.165, 1.54) is 7.11 Å². The molecule has 0 spiro atoms. The normalized spacial score (nSPS) is 10.7. The van der Waals surface area contributed by atoms with Crippen LogP contribution in [-0.4, -0.2) is 87.3 Å². The fourth-order valence-corrected chi connectivity index (χ4v) is 4.92. The van der Waals surface area contributed by atoms with Crippen LogP contribution in [-0.2, 0) is 32.2 Å². The molecular weight excluding hydrogens is 588 g/mol. The zero-order valence-electron chi connectivity index (χ0n) is 26.3. The first kappa shape index (κ1) is 33.4. The van der Waals surface area contributed by atoms with Gasteiger partial charge < -0.3 is 35.1 Å². The van der Waals surface area contributed by atoms with Gasteiger partial charge in [-0.25, -0.2) is 14.8 Å². The van der Waals surface area contributed by atoms with Gasteiger partial charge in [-0.05, 0) is 35.1 Å². The molecule has 0 saturated heterocycles. The first-order valence-corrected chi connectivity index (χ1v) is 15.2. The van der Waals surface area contributed by atoms with Crippen molar-refractivity contribution in [1.29, 1.82) is 0 Å². The molecule has 4 amide bonds. The first-order valence-electron chi connectivity index (χ1n) is 15.2. The molecule has 13 heteroatoms. The summed E-state index contributed by atoms with van der Waals surface area (Å²) in [6, 6.07) is 16.3. The molecule has 2 aromatic heterocycles. The second-order valence-corrected chi connectivity index (χ2v) is 10.6. The highest BCUT2D eigenvalue weighted by molar-refractivity contribution is 5.82. The summed E-state index contributed by atoms with van der Waals surface area (Å²) in [6.45, 7) is 5.52. The number of alkyl carbamates (subject to hydrolysis) is 1. The number of methoxy groups -OCH3 is 1. The molecule has 0 radical (unpaired) electrons. The number of hydrogen-bond acceptors (Lipinski definition) is 7. The lowest BCUT2D eigenvalue weighted by Gasteiger charge is -2.21. The van der Waals surface area contributed by atoms with Crippen LogP contribution in [0.5, 0.6) is 0 Å². The van der Waals surface area contributed by atoms with Crippen molar-refractivity contribution in [2.24, 2.45) is 0 Å². The van der Waals surface area contributed by atoms with Gasteiger partial charge in [0.1, 0.15) is 18.2 Å². The lowest BCUT2D eigenvalue weighted by molar-refractivity contribution is -0.132. The number of nitrogens with zero attached hydrogens (tertiary/aromatic N) is 4. The summed E-state index contributed by atoms with van der Waals surface area (Å²) in [5.74, 6) is 0.942. The molecule has 0 saturated carbocycles. The molecular formula is C33H40N8O5. The van der Waals surface area contributed by atoms with Gasteiger partial charge in [-0.3, -0.25) is 14.4 Å². The van der Waals surface area contributed by atoms with Crippen molar-refractivity contribution in [3.8, 4) is 33.6 Å². The Morgan fingerprint density at radius 2 is 1.17 bits per heavy atom. The Kier molecular flexibility index (Phi) is 12.0. The fourth-order valence-electron chi connectivity index (χ4n) is 4.92. The van der Waals surface area contributed by atoms with Gasteiger partial charge in [0.2, 0.25) is 18.2 Å². The number of aromatic nitrogens is 4. The third-order valence-corrected chi connectivity index (χ3v) is 7.26. The summed E-state index contributed by atoms with van der Waals surface area (Å²) in [5.41, 5.74) is 5.72. The Morgan fingerprint density at radius 3 is 1.59 bits per heavy atom. The fraction of sp³-hybridized carbons (Fsp3) is 0.333. The molecule has 0 unspecified atom stereocenters. The number of rotatable bonds is 16. The predicted octanol–water partition coefficient (Wildman–Crippen LogP) is 3.71. The molecule has 13 nitrogen and oxygen atoms in total. The minimum atomic E-state index is -0.650. The molecule has 4 N–H and O–H groups in total.